The van der Waals surface area contributed by atoms with Crippen LogP contribution in [-0.2, 0) is 0 Å². The number of benzene rings is 2. The molecule has 0 atom stereocenters. The minimum absolute atomic E-state index is 0.149. The smallest absolute Gasteiger partial charge is 0.304 e. The molecule has 2 rings (SSSR count). The second-order valence-electron chi connectivity index (χ2n) is 4.36. The van der Waals surface area contributed by atoms with Gasteiger partial charge in [-0.05, 0) is 46.6 Å². The summed E-state index contributed by atoms with van der Waals surface area (Å²) in [5, 5.41) is 13.0. The molecule has 0 radical (unpaired) electrons. The lowest BCUT2D eigenvalue weighted by atomic mass is 10.1. The molecule has 0 aliphatic carbocycles. The number of nitrogens with zero attached hydrogens (tertiary/aromatic N) is 1. The Kier molecular flexibility index (Phi) is 4.32. The number of hydrogen-bond acceptors (Lipinski definition) is 3. The van der Waals surface area contributed by atoms with Crippen LogP contribution in [0.3, 0.4) is 0 Å². The standard InChI is InChI=1S/C14H10BrFN2O3/c1-8-2-4-10(11(15)6-8)14(19)17-9-3-5-13(18(20)21)12(16)7-9/h2-7H,1H3,(H,17,19). The average molecular weight is 353 g/mol. The number of nitrogens with one attached hydrogen (secondary N) is 1. The van der Waals surface area contributed by atoms with Crippen LogP contribution in [0.5, 0.6) is 0 Å². The predicted octanol–water partition coefficient (Wildman–Crippen LogP) is 4.06. The van der Waals surface area contributed by atoms with Crippen LogP contribution in [0.15, 0.2) is 40.9 Å². The van der Waals surface area contributed by atoms with Gasteiger partial charge in [-0.3, -0.25) is 14.9 Å². The Hall–Kier alpha value is -2.28. The van der Waals surface area contributed by atoms with Crippen LogP contribution in [0.2, 0.25) is 0 Å². The number of carbonyl (C=O) groups is 1. The summed E-state index contributed by atoms with van der Waals surface area (Å²) in [5.41, 5.74) is 0.888. The van der Waals surface area contributed by atoms with Crippen LogP contribution >= 0.6 is 15.9 Å². The maximum Gasteiger partial charge on any atom is 0.304 e. The quantitative estimate of drug-likeness (QED) is 0.668. The maximum absolute atomic E-state index is 13.5. The van der Waals surface area contributed by atoms with Crippen molar-refractivity contribution >= 4 is 33.2 Å². The number of nitro groups is 1. The third-order valence-electron chi connectivity index (χ3n) is 2.77. The molecule has 108 valence electrons. The van der Waals surface area contributed by atoms with E-state index in [2.05, 4.69) is 21.2 Å². The summed E-state index contributed by atoms with van der Waals surface area (Å²) < 4.78 is 14.1. The van der Waals surface area contributed by atoms with Crippen molar-refractivity contribution in [3.63, 3.8) is 0 Å². The molecule has 0 aliphatic rings. The highest BCUT2D eigenvalue weighted by Gasteiger charge is 2.16. The van der Waals surface area contributed by atoms with Crippen LogP contribution in [0.4, 0.5) is 15.8 Å². The number of carbonyl (C=O) groups excluding carboxylic acids is 1. The Labute approximate surface area is 128 Å². The van der Waals surface area contributed by atoms with E-state index in [4.69, 9.17) is 0 Å². The summed E-state index contributed by atoms with van der Waals surface area (Å²) >= 11 is 3.28. The van der Waals surface area contributed by atoms with E-state index in [0.29, 0.717) is 10.0 Å². The van der Waals surface area contributed by atoms with Gasteiger partial charge in [-0.1, -0.05) is 6.07 Å². The summed E-state index contributed by atoms with van der Waals surface area (Å²) in [6, 6.07) is 8.40. The number of aryl methyl sites for hydroxylation is 1. The first-order chi connectivity index (χ1) is 9.88. The van der Waals surface area contributed by atoms with Crippen LogP contribution in [-0.4, -0.2) is 10.8 Å². The molecule has 0 saturated carbocycles. The zero-order chi connectivity index (χ0) is 15.6. The highest BCUT2D eigenvalue weighted by Crippen LogP contribution is 2.23. The number of nitro benzene ring substituents is 1. The molecule has 1 N–H and O–H groups in total. The van der Waals surface area contributed by atoms with Gasteiger partial charge in [0.05, 0.1) is 10.5 Å². The maximum atomic E-state index is 13.5. The molecule has 0 aliphatic heterocycles. The van der Waals surface area contributed by atoms with E-state index in [9.17, 15) is 19.3 Å². The van der Waals surface area contributed by atoms with Gasteiger partial charge in [0.1, 0.15) is 0 Å². The van der Waals surface area contributed by atoms with E-state index in [0.717, 1.165) is 17.7 Å². The molecular weight excluding hydrogens is 343 g/mol. The van der Waals surface area contributed by atoms with Gasteiger partial charge in [0.25, 0.3) is 5.91 Å². The summed E-state index contributed by atoms with van der Waals surface area (Å²) in [6.07, 6.45) is 0. The normalized spacial score (nSPS) is 10.2. The molecule has 2 aromatic carbocycles. The van der Waals surface area contributed by atoms with Gasteiger partial charge in [-0.2, -0.15) is 4.39 Å². The third kappa shape index (κ3) is 3.43. The van der Waals surface area contributed by atoms with Gasteiger partial charge in [-0.25, -0.2) is 0 Å². The lowest BCUT2D eigenvalue weighted by Crippen LogP contribution is -2.13. The van der Waals surface area contributed by atoms with Crippen molar-refractivity contribution in [2.75, 3.05) is 5.32 Å². The Morgan fingerprint density at radius 3 is 2.57 bits per heavy atom. The van der Waals surface area contributed by atoms with E-state index in [1.54, 1.807) is 18.2 Å². The van der Waals surface area contributed by atoms with Crippen LogP contribution in [0, 0.1) is 22.9 Å². The first-order valence-electron chi connectivity index (χ1n) is 5.90. The molecule has 0 heterocycles. The van der Waals surface area contributed by atoms with Crippen LogP contribution in [0.25, 0.3) is 0 Å². The molecule has 0 bridgehead atoms. The van der Waals surface area contributed by atoms with Crippen molar-refractivity contribution in [1.82, 2.24) is 0 Å². The second-order valence-corrected chi connectivity index (χ2v) is 5.22. The fourth-order valence-electron chi connectivity index (χ4n) is 1.74. The van der Waals surface area contributed by atoms with Gasteiger partial charge >= 0.3 is 5.69 Å². The van der Waals surface area contributed by atoms with Crippen molar-refractivity contribution < 1.29 is 14.1 Å². The molecule has 0 fully saturated rings. The zero-order valence-corrected chi connectivity index (χ0v) is 12.5. The van der Waals surface area contributed by atoms with E-state index >= 15 is 0 Å². The topological polar surface area (TPSA) is 72.2 Å². The van der Waals surface area contributed by atoms with Crippen molar-refractivity contribution in [3.05, 3.63) is 67.9 Å². The van der Waals surface area contributed by atoms with Gasteiger partial charge in [-0.15, -0.1) is 0 Å². The fraction of sp³-hybridized carbons (Fsp3) is 0.0714. The Morgan fingerprint density at radius 1 is 1.29 bits per heavy atom. The molecule has 2 aromatic rings. The highest BCUT2D eigenvalue weighted by atomic mass is 79.9. The highest BCUT2D eigenvalue weighted by molar-refractivity contribution is 9.10. The minimum Gasteiger partial charge on any atom is -0.322 e. The number of halogens is 2. The van der Waals surface area contributed by atoms with E-state index < -0.39 is 22.3 Å². The van der Waals surface area contributed by atoms with E-state index in [-0.39, 0.29) is 5.69 Å². The van der Waals surface area contributed by atoms with Gasteiger partial charge in [0.2, 0.25) is 5.82 Å². The molecule has 7 heteroatoms. The molecule has 21 heavy (non-hydrogen) atoms. The number of hydrogen-bond donors (Lipinski definition) is 1. The van der Waals surface area contributed by atoms with Crippen LogP contribution < -0.4 is 5.32 Å². The summed E-state index contributed by atoms with van der Waals surface area (Å²) in [6.45, 7) is 1.89. The first-order valence-corrected chi connectivity index (χ1v) is 6.69. The zero-order valence-electron chi connectivity index (χ0n) is 10.9. The minimum atomic E-state index is -0.999. The lowest BCUT2D eigenvalue weighted by molar-refractivity contribution is -0.387. The Morgan fingerprint density at radius 2 is 2.00 bits per heavy atom. The molecule has 1 amide bonds. The van der Waals surface area contributed by atoms with E-state index in [1.807, 2.05) is 6.92 Å². The predicted molar refractivity (Wildman–Crippen MR) is 79.9 cm³/mol. The summed E-state index contributed by atoms with van der Waals surface area (Å²) in [7, 11) is 0. The monoisotopic (exact) mass is 352 g/mol. The fourth-order valence-corrected chi connectivity index (χ4v) is 2.41. The molecule has 5 nitrogen and oxygen atoms in total. The molecule has 0 aromatic heterocycles. The summed E-state index contributed by atoms with van der Waals surface area (Å²) in [4.78, 5) is 21.8. The third-order valence-corrected chi connectivity index (χ3v) is 3.43. The van der Waals surface area contributed by atoms with Crippen molar-refractivity contribution in [2.45, 2.75) is 6.92 Å². The number of anilines is 1. The molecule has 0 unspecified atom stereocenters. The van der Waals surface area contributed by atoms with Crippen molar-refractivity contribution in [1.29, 1.82) is 0 Å². The lowest BCUT2D eigenvalue weighted by Gasteiger charge is -2.07. The van der Waals surface area contributed by atoms with Gasteiger partial charge < -0.3 is 5.32 Å². The number of amides is 1. The molecular formula is C14H10BrFN2O3. The van der Waals surface area contributed by atoms with Crippen molar-refractivity contribution in [3.8, 4) is 0 Å². The van der Waals surface area contributed by atoms with Crippen molar-refractivity contribution in [2.24, 2.45) is 0 Å². The van der Waals surface area contributed by atoms with Gasteiger partial charge in [0.15, 0.2) is 0 Å². The molecule has 0 saturated heterocycles. The van der Waals surface area contributed by atoms with Gasteiger partial charge in [0, 0.05) is 22.3 Å². The second kappa shape index (κ2) is 6.01. The SMILES string of the molecule is Cc1ccc(C(=O)Nc2ccc([N+](=O)[O-])c(F)c2)c(Br)c1. The average Bonchev–Trinajstić information content (AvgIpc) is 2.37. The van der Waals surface area contributed by atoms with E-state index in [1.165, 1.54) is 6.07 Å². The summed E-state index contributed by atoms with van der Waals surface area (Å²) in [5.74, 6) is -1.43. The van der Waals surface area contributed by atoms with Crippen LogP contribution in [0.1, 0.15) is 15.9 Å². The Bertz CT molecular complexity index is 734. The number of rotatable bonds is 3. The molecule has 0 spiro atoms. The first kappa shape index (κ1) is 15.1. The largest absolute Gasteiger partial charge is 0.322 e. The Balaban J connectivity index is 2.23.